The third-order valence-corrected chi connectivity index (χ3v) is 4.37. The zero-order valence-electron chi connectivity index (χ0n) is 15.2. The summed E-state index contributed by atoms with van der Waals surface area (Å²) in [6, 6.07) is 18.9. The Morgan fingerprint density at radius 3 is 2.48 bits per heavy atom. The van der Waals surface area contributed by atoms with E-state index >= 15 is 0 Å². The second-order valence-corrected chi connectivity index (χ2v) is 6.22. The summed E-state index contributed by atoms with van der Waals surface area (Å²) < 4.78 is 6.85. The normalized spacial score (nSPS) is 10.6. The number of nitro groups is 1. The molecule has 0 aliphatic rings. The van der Waals surface area contributed by atoms with Crippen molar-refractivity contribution in [3.05, 3.63) is 101 Å². The van der Waals surface area contributed by atoms with Crippen LogP contribution in [-0.4, -0.2) is 20.6 Å². The Morgan fingerprint density at radius 1 is 1.07 bits per heavy atom. The number of nitrogens with zero attached hydrogens (tertiary/aromatic N) is 3. The van der Waals surface area contributed by atoms with Crippen LogP contribution in [0.1, 0.15) is 16.1 Å². The molecule has 2 aromatic carbocycles. The number of rotatable bonds is 6. The van der Waals surface area contributed by atoms with Gasteiger partial charge in [0, 0.05) is 17.7 Å². The van der Waals surface area contributed by atoms with Gasteiger partial charge in [0.25, 0.3) is 11.6 Å². The first kappa shape index (κ1) is 18.2. The Kier molecular flexibility index (Phi) is 4.90. The molecule has 0 unspecified atom stereocenters. The summed E-state index contributed by atoms with van der Waals surface area (Å²) in [6.07, 6.45) is 3.03. The van der Waals surface area contributed by atoms with Crippen molar-refractivity contribution in [2.45, 2.75) is 6.54 Å². The summed E-state index contributed by atoms with van der Waals surface area (Å²) in [5.74, 6) is 0.343. The van der Waals surface area contributed by atoms with Crippen LogP contribution in [0.5, 0.6) is 0 Å². The molecule has 4 rings (SSSR count). The minimum absolute atomic E-state index is 0.0152. The maximum atomic E-state index is 12.8. The van der Waals surface area contributed by atoms with Gasteiger partial charge in [0.15, 0.2) is 0 Å². The van der Waals surface area contributed by atoms with Gasteiger partial charge in [0.2, 0.25) is 0 Å². The van der Waals surface area contributed by atoms with Crippen molar-refractivity contribution < 1.29 is 14.1 Å². The van der Waals surface area contributed by atoms with Crippen molar-refractivity contribution in [1.82, 2.24) is 15.1 Å². The quantitative estimate of drug-likeness (QED) is 0.398. The van der Waals surface area contributed by atoms with Gasteiger partial charge in [0.1, 0.15) is 5.76 Å². The van der Waals surface area contributed by atoms with Crippen LogP contribution in [0.2, 0.25) is 0 Å². The molecule has 0 fully saturated rings. The smallest absolute Gasteiger partial charge is 0.269 e. The summed E-state index contributed by atoms with van der Waals surface area (Å²) >= 11 is 0. The van der Waals surface area contributed by atoms with Crippen molar-refractivity contribution in [3.63, 3.8) is 0 Å². The maximum absolute atomic E-state index is 12.8. The number of hydrogen-bond donors (Lipinski definition) is 1. The van der Waals surface area contributed by atoms with Crippen molar-refractivity contribution in [2.24, 2.45) is 0 Å². The molecule has 4 aromatic rings. The first-order chi connectivity index (χ1) is 14.1. The number of nitrogens with one attached hydrogen (secondary N) is 1. The molecule has 8 nitrogen and oxygen atoms in total. The highest BCUT2D eigenvalue weighted by Gasteiger charge is 2.20. The van der Waals surface area contributed by atoms with E-state index in [1.54, 1.807) is 35.2 Å². The molecule has 0 aliphatic heterocycles. The van der Waals surface area contributed by atoms with Crippen LogP contribution in [0.4, 0.5) is 5.69 Å². The van der Waals surface area contributed by atoms with Crippen molar-refractivity contribution >= 4 is 11.6 Å². The van der Waals surface area contributed by atoms with E-state index in [2.05, 4.69) is 10.4 Å². The molecule has 0 atom stereocenters. The standard InChI is InChI=1S/C21H16N4O4/c26-21(22-13-18-7-4-12-29-18)19-14-23-24(20(19)15-5-2-1-3-6-15)16-8-10-17(11-9-16)25(27)28/h1-12,14H,13H2,(H,22,26). The molecule has 8 heteroatoms. The van der Waals surface area contributed by atoms with E-state index in [1.807, 2.05) is 30.3 Å². The van der Waals surface area contributed by atoms with E-state index in [-0.39, 0.29) is 18.1 Å². The lowest BCUT2D eigenvalue weighted by Gasteiger charge is -2.10. The SMILES string of the molecule is O=C(NCc1ccco1)c1cnn(-c2ccc([N+](=O)[O-])cc2)c1-c1ccccc1. The highest BCUT2D eigenvalue weighted by Crippen LogP contribution is 2.27. The van der Waals surface area contributed by atoms with Crippen molar-refractivity contribution in [3.8, 4) is 16.9 Å². The summed E-state index contributed by atoms with van der Waals surface area (Å²) in [5.41, 5.74) is 2.38. The van der Waals surface area contributed by atoms with Gasteiger partial charge in [-0.25, -0.2) is 4.68 Å². The molecule has 29 heavy (non-hydrogen) atoms. The molecular formula is C21H16N4O4. The number of furan rings is 1. The molecule has 0 spiro atoms. The lowest BCUT2D eigenvalue weighted by atomic mass is 10.1. The average molecular weight is 388 g/mol. The third-order valence-electron chi connectivity index (χ3n) is 4.37. The molecule has 2 heterocycles. The second kappa shape index (κ2) is 7.81. The third kappa shape index (κ3) is 3.77. The van der Waals surface area contributed by atoms with Crippen LogP contribution in [0.15, 0.2) is 83.6 Å². The second-order valence-electron chi connectivity index (χ2n) is 6.22. The number of aromatic nitrogens is 2. The first-order valence-electron chi connectivity index (χ1n) is 8.82. The van der Waals surface area contributed by atoms with Gasteiger partial charge in [-0.15, -0.1) is 0 Å². The molecule has 0 saturated heterocycles. The predicted octanol–water partition coefficient (Wildman–Crippen LogP) is 3.97. The fourth-order valence-electron chi connectivity index (χ4n) is 2.98. The zero-order chi connectivity index (χ0) is 20.2. The molecule has 0 radical (unpaired) electrons. The Hall–Kier alpha value is -4.20. The van der Waals surface area contributed by atoms with Crippen LogP contribution >= 0.6 is 0 Å². The lowest BCUT2D eigenvalue weighted by Crippen LogP contribution is -2.23. The van der Waals surface area contributed by atoms with E-state index < -0.39 is 4.92 Å². The number of carbonyl (C=O) groups excluding carboxylic acids is 1. The Bertz CT molecular complexity index is 1130. The van der Waals surface area contributed by atoms with Gasteiger partial charge >= 0.3 is 0 Å². The van der Waals surface area contributed by atoms with E-state index in [0.29, 0.717) is 22.7 Å². The predicted molar refractivity (Wildman–Crippen MR) is 106 cm³/mol. The van der Waals surface area contributed by atoms with Crippen LogP contribution < -0.4 is 5.32 Å². The molecule has 2 aromatic heterocycles. The lowest BCUT2D eigenvalue weighted by molar-refractivity contribution is -0.384. The topological polar surface area (TPSA) is 103 Å². The minimum Gasteiger partial charge on any atom is -0.467 e. The molecule has 144 valence electrons. The van der Waals surface area contributed by atoms with Gasteiger partial charge in [-0.1, -0.05) is 30.3 Å². The van der Waals surface area contributed by atoms with Gasteiger partial charge in [0.05, 0.1) is 40.9 Å². The van der Waals surface area contributed by atoms with Crippen LogP contribution in [-0.2, 0) is 6.54 Å². The molecular weight excluding hydrogens is 372 g/mol. The maximum Gasteiger partial charge on any atom is 0.269 e. The molecule has 0 bridgehead atoms. The number of carbonyl (C=O) groups is 1. The molecule has 0 aliphatic carbocycles. The van der Waals surface area contributed by atoms with E-state index in [9.17, 15) is 14.9 Å². The van der Waals surface area contributed by atoms with Gasteiger partial charge in [-0.05, 0) is 24.3 Å². The first-order valence-corrected chi connectivity index (χ1v) is 8.82. The fourth-order valence-corrected chi connectivity index (χ4v) is 2.98. The van der Waals surface area contributed by atoms with Crippen molar-refractivity contribution in [1.29, 1.82) is 0 Å². The van der Waals surface area contributed by atoms with E-state index in [4.69, 9.17) is 4.42 Å². The Labute approximate surface area is 165 Å². The van der Waals surface area contributed by atoms with Crippen LogP contribution in [0, 0.1) is 10.1 Å². The fraction of sp³-hybridized carbons (Fsp3) is 0.0476. The molecule has 1 amide bonds. The van der Waals surface area contributed by atoms with Crippen LogP contribution in [0.25, 0.3) is 16.9 Å². The number of hydrogen-bond acceptors (Lipinski definition) is 5. The highest BCUT2D eigenvalue weighted by molar-refractivity contribution is 6.00. The zero-order valence-corrected chi connectivity index (χ0v) is 15.2. The highest BCUT2D eigenvalue weighted by atomic mass is 16.6. The number of amides is 1. The van der Waals surface area contributed by atoms with Gasteiger partial charge in [-0.2, -0.15) is 5.10 Å². The molecule has 0 saturated carbocycles. The molecule has 1 N–H and O–H groups in total. The number of nitro benzene ring substituents is 1. The number of non-ortho nitro benzene ring substituents is 1. The van der Waals surface area contributed by atoms with E-state index in [0.717, 1.165) is 5.56 Å². The summed E-state index contributed by atoms with van der Waals surface area (Å²) in [6.45, 7) is 0.253. The van der Waals surface area contributed by atoms with Crippen molar-refractivity contribution in [2.75, 3.05) is 0 Å². The average Bonchev–Trinajstić information content (AvgIpc) is 3.42. The number of benzene rings is 2. The summed E-state index contributed by atoms with van der Waals surface area (Å²) in [5, 5.41) is 18.1. The Balaban J connectivity index is 1.72. The minimum atomic E-state index is -0.460. The Morgan fingerprint density at radius 2 is 1.83 bits per heavy atom. The van der Waals surface area contributed by atoms with E-state index in [1.165, 1.54) is 18.3 Å². The summed E-state index contributed by atoms with van der Waals surface area (Å²) in [4.78, 5) is 23.3. The largest absolute Gasteiger partial charge is 0.467 e. The van der Waals surface area contributed by atoms with Gasteiger partial charge in [-0.3, -0.25) is 14.9 Å². The van der Waals surface area contributed by atoms with Crippen LogP contribution in [0.3, 0.4) is 0 Å². The summed E-state index contributed by atoms with van der Waals surface area (Å²) in [7, 11) is 0. The monoisotopic (exact) mass is 388 g/mol. The van der Waals surface area contributed by atoms with Gasteiger partial charge < -0.3 is 9.73 Å².